The van der Waals surface area contributed by atoms with Crippen molar-refractivity contribution in [2.75, 3.05) is 5.32 Å². The van der Waals surface area contributed by atoms with Crippen molar-refractivity contribution >= 4 is 45.6 Å². The minimum Gasteiger partial charge on any atom is -0.316 e. The topological polar surface area (TPSA) is 37.8 Å². The van der Waals surface area contributed by atoms with Gasteiger partial charge in [-0.3, -0.25) is 0 Å². The van der Waals surface area contributed by atoms with Crippen LogP contribution in [-0.4, -0.2) is 14.5 Å². The number of aromatic nitrogens is 2. The van der Waals surface area contributed by atoms with Crippen LogP contribution in [0, 0.1) is 0 Å². The Hall–Kier alpha value is -0.200. The SMILES string of the molecule is CCc1nnc(NC(=S)S)s1. The van der Waals surface area contributed by atoms with Crippen LogP contribution in [-0.2, 0) is 6.42 Å². The first-order chi connectivity index (χ1) is 5.22. The molecule has 1 rings (SSSR count). The summed E-state index contributed by atoms with van der Waals surface area (Å²) in [5, 5.41) is 12.3. The van der Waals surface area contributed by atoms with Gasteiger partial charge in [0.1, 0.15) is 9.33 Å². The summed E-state index contributed by atoms with van der Waals surface area (Å²) >= 11 is 10.1. The van der Waals surface area contributed by atoms with Gasteiger partial charge in [0.25, 0.3) is 0 Å². The van der Waals surface area contributed by atoms with Crippen LogP contribution in [0.5, 0.6) is 0 Å². The van der Waals surface area contributed by atoms with Gasteiger partial charge in [0, 0.05) is 0 Å². The number of aryl methyl sites for hydroxylation is 1. The van der Waals surface area contributed by atoms with Crippen molar-refractivity contribution in [2.45, 2.75) is 13.3 Å². The first kappa shape index (κ1) is 8.89. The smallest absolute Gasteiger partial charge is 0.211 e. The summed E-state index contributed by atoms with van der Waals surface area (Å²) < 4.78 is 0.420. The lowest BCUT2D eigenvalue weighted by Crippen LogP contribution is -1.99. The molecule has 60 valence electrons. The van der Waals surface area contributed by atoms with Gasteiger partial charge in [0.05, 0.1) is 0 Å². The average molecular weight is 205 g/mol. The van der Waals surface area contributed by atoms with Gasteiger partial charge in [-0.05, 0) is 6.42 Å². The van der Waals surface area contributed by atoms with E-state index >= 15 is 0 Å². The minimum absolute atomic E-state index is 0.420. The Bertz CT molecular complexity index is 257. The summed E-state index contributed by atoms with van der Waals surface area (Å²) in [7, 11) is 0. The van der Waals surface area contributed by atoms with E-state index in [4.69, 9.17) is 12.2 Å². The Morgan fingerprint density at radius 1 is 1.73 bits per heavy atom. The van der Waals surface area contributed by atoms with Crippen molar-refractivity contribution in [1.29, 1.82) is 0 Å². The van der Waals surface area contributed by atoms with Crippen molar-refractivity contribution in [1.82, 2.24) is 10.2 Å². The van der Waals surface area contributed by atoms with Gasteiger partial charge in [0.2, 0.25) is 5.13 Å². The third-order valence-electron chi connectivity index (χ3n) is 0.983. The molecule has 3 nitrogen and oxygen atoms in total. The van der Waals surface area contributed by atoms with Crippen LogP contribution in [0.15, 0.2) is 0 Å². The van der Waals surface area contributed by atoms with Crippen LogP contribution in [0.4, 0.5) is 5.13 Å². The second-order valence-corrected chi connectivity index (χ2v) is 4.00. The molecular weight excluding hydrogens is 198 g/mol. The lowest BCUT2D eigenvalue weighted by Gasteiger charge is -1.92. The maximum absolute atomic E-state index is 4.72. The fraction of sp³-hybridized carbons (Fsp3) is 0.400. The highest BCUT2D eigenvalue weighted by Crippen LogP contribution is 2.15. The van der Waals surface area contributed by atoms with Crippen LogP contribution in [0.2, 0.25) is 0 Å². The Morgan fingerprint density at radius 3 is 2.91 bits per heavy atom. The van der Waals surface area contributed by atoms with E-state index in [1.807, 2.05) is 6.92 Å². The molecule has 0 radical (unpaired) electrons. The molecule has 0 aliphatic carbocycles. The predicted molar refractivity (Wildman–Crippen MR) is 54.5 cm³/mol. The monoisotopic (exact) mass is 205 g/mol. The van der Waals surface area contributed by atoms with E-state index < -0.39 is 0 Å². The summed E-state index contributed by atoms with van der Waals surface area (Å²) in [5.74, 6) is 0. The van der Waals surface area contributed by atoms with Gasteiger partial charge >= 0.3 is 0 Å². The molecule has 1 aromatic rings. The molecule has 0 unspecified atom stereocenters. The third-order valence-corrected chi connectivity index (χ3v) is 2.18. The van der Waals surface area contributed by atoms with Crippen molar-refractivity contribution in [3.8, 4) is 0 Å². The molecule has 0 saturated carbocycles. The molecule has 0 aromatic carbocycles. The van der Waals surface area contributed by atoms with Crippen molar-refractivity contribution in [3.63, 3.8) is 0 Å². The molecule has 0 spiro atoms. The molecule has 0 atom stereocenters. The molecule has 0 fully saturated rings. The molecule has 0 bridgehead atoms. The highest BCUT2D eigenvalue weighted by molar-refractivity contribution is 8.11. The first-order valence-corrected chi connectivity index (χ1v) is 4.72. The Morgan fingerprint density at radius 2 is 2.45 bits per heavy atom. The highest BCUT2D eigenvalue weighted by Gasteiger charge is 2.00. The molecule has 1 aromatic heterocycles. The zero-order valence-electron chi connectivity index (χ0n) is 5.87. The summed E-state index contributed by atoms with van der Waals surface area (Å²) in [4.78, 5) is 0. The van der Waals surface area contributed by atoms with Gasteiger partial charge < -0.3 is 5.32 Å². The molecule has 1 heterocycles. The number of rotatable bonds is 2. The largest absolute Gasteiger partial charge is 0.316 e. The molecule has 0 saturated heterocycles. The molecule has 0 amide bonds. The molecule has 0 aliphatic heterocycles. The van der Waals surface area contributed by atoms with Crippen molar-refractivity contribution < 1.29 is 0 Å². The van der Waals surface area contributed by atoms with E-state index in [-0.39, 0.29) is 0 Å². The number of thiol groups is 1. The second kappa shape index (κ2) is 3.99. The maximum Gasteiger partial charge on any atom is 0.211 e. The summed E-state index contributed by atoms with van der Waals surface area (Å²) in [6.45, 7) is 2.03. The normalized spacial score (nSPS) is 9.64. The van der Waals surface area contributed by atoms with Gasteiger partial charge in [0.15, 0.2) is 0 Å². The molecule has 11 heavy (non-hydrogen) atoms. The number of nitrogens with one attached hydrogen (secondary N) is 1. The lowest BCUT2D eigenvalue weighted by molar-refractivity contribution is 0.987. The Kier molecular flexibility index (Phi) is 3.22. The van der Waals surface area contributed by atoms with E-state index in [9.17, 15) is 0 Å². The molecular formula is C5H7N3S3. The standard InChI is InChI=1S/C5H7N3S3/c1-2-3-7-8-4(11-3)6-5(9)10/h2H2,1H3,(H2,6,8,9,10). The zero-order chi connectivity index (χ0) is 8.27. The number of hydrogen-bond acceptors (Lipinski definition) is 4. The van der Waals surface area contributed by atoms with E-state index in [0.717, 1.165) is 11.4 Å². The number of nitrogens with zero attached hydrogens (tertiary/aromatic N) is 2. The molecule has 1 N–H and O–H groups in total. The zero-order valence-corrected chi connectivity index (χ0v) is 8.39. The second-order valence-electron chi connectivity index (χ2n) is 1.78. The van der Waals surface area contributed by atoms with Crippen LogP contribution in [0.3, 0.4) is 0 Å². The van der Waals surface area contributed by atoms with Gasteiger partial charge in [-0.2, -0.15) is 0 Å². The van der Waals surface area contributed by atoms with Crippen molar-refractivity contribution in [2.24, 2.45) is 0 Å². The van der Waals surface area contributed by atoms with Gasteiger partial charge in [-0.25, -0.2) is 0 Å². The van der Waals surface area contributed by atoms with Crippen LogP contribution < -0.4 is 5.32 Å². The van der Waals surface area contributed by atoms with E-state index in [1.54, 1.807) is 0 Å². The van der Waals surface area contributed by atoms with Crippen molar-refractivity contribution in [3.05, 3.63) is 5.01 Å². The number of thiocarbonyl (C=S) groups is 1. The minimum atomic E-state index is 0.420. The molecule has 0 aliphatic rings. The van der Waals surface area contributed by atoms with E-state index in [0.29, 0.717) is 9.45 Å². The van der Waals surface area contributed by atoms with Gasteiger partial charge in [-0.15, -0.1) is 22.8 Å². The highest BCUT2D eigenvalue weighted by atomic mass is 32.1. The van der Waals surface area contributed by atoms with E-state index in [1.165, 1.54) is 11.3 Å². The van der Waals surface area contributed by atoms with Crippen LogP contribution >= 0.6 is 36.2 Å². The maximum atomic E-state index is 4.72. The van der Waals surface area contributed by atoms with Crippen LogP contribution in [0.25, 0.3) is 0 Å². The Labute approximate surface area is 79.6 Å². The summed E-state index contributed by atoms with van der Waals surface area (Å²) in [6, 6.07) is 0. The summed E-state index contributed by atoms with van der Waals surface area (Å²) in [6.07, 6.45) is 0.901. The predicted octanol–water partition coefficient (Wildman–Crippen LogP) is 1.73. The van der Waals surface area contributed by atoms with E-state index in [2.05, 4.69) is 28.1 Å². The van der Waals surface area contributed by atoms with Crippen LogP contribution in [0.1, 0.15) is 11.9 Å². The number of anilines is 1. The molecule has 6 heteroatoms. The first-order valence-electron chi connectivity index (χ1n) is 3.04. The Balaban J connectivity index is 2.65. The lowest BCUT2D eigenvalue weighted by atomic mass is 10.5. The third kappa shape index (κ3) is 2.72. The fourth-order valence-electron chi connectivity index (χ4n) is 0.538. The van der Waals surface area contributed by atoms with Gasteiger partial charge in [-0.1, -0.05) is 30.5 Å². The summed E-state index contributed by atoms with van der Waals surface area (Å²) in [5.41, 5.74) is 0. The average Bonchev–Trinajstić information content (AvgIpc) is 2.34. The quantitative estimate of drug-likeness (QED) is 0.569. The number of hydrogen-bond donors (Lipinski definition) is 2. The fourth-order valence-corrected chi connectivity index (χ4v) is 1.57.